The van der Waals surface area contributed by atoms with Crippen molar-refractivity contribution in [3.63, 3.8) is 0 Å². The van der Waals surface area contributed by atoms with Gasteiger partial charge in [0, 0.05) is 30.4 Å². The van der Waals surface area contributed by atoms with Crippen LogP contribution in [0.4, 0.5) is 5.69 Å². The van der Waals surface area contributed by atoms with Crippen molar-refractivity contribution in [1.29, 1.82) is 0 Å². The van der Waals surface area contributed by atoms with Gasteiger partial charge < -0.3 is 10.0 Å². The average Bonchev–Trinajstić information content (AvgIpc) is 2.56. The predicted molar refractivity (Wildman–Crippen MR) is 91.4 cm³/mol. The molecule has 0 aliphatic carbocycles. The lowest BCUT2D eigenvalue weighted by Gasteiger charge is -2.21. The zero-order valence-electron chi connectivity index (χ0n) is 13.5. The summed E-state index contributed by atoms with van der Waals surface area (Å²) >= 11 is 0. The Hall–Kier alpha value is -2.62. The fourth-order valence-corrected chi connectivity index (χ4v) is 2.51. The molecule has 0 amide bonds. The maximum absolute atomic E-state index is 12.3. The molecular formula is C19H21NO3. The molecule has 0 unspecified atom stereocenters. The summed E-state index contributed by atoms with van der Waals surface area (Å²) in [6, 6.07) is 13.7. The van der Waals surface area contributed by atoms with Crippen LogP contribution >= 0.6 is 0 Å². The van der Waals surface area contributed by atoms with Crippen LogP contribution in [0.1, 0.15) is 41.0 Å². The zero-order valence-corrected chi connectivity index (χ0v) is 13.5. The fraction of sp³-hybridized carbons (Fsp3) is 0.263. The molecular weight excluding hydrogens is 290 g/mol. The lowest BCUT2D eigenvalue weighted by molar-refractivity contribution is 0.0893. The number of nitrogens with zero attached hydrogens (tertiary/aromatic N) is 1. The SMILES string of the molecule is CCN(CC)c1ccc(C(=O)CC(=O)c2ccccc2)c(O)c1. The molecule has 1 N–H and O–H groups in total. The Bertz CT molecular complexity index is 691. The van der Waals surface area contributed by atoms with Crippen LogP contribution < -0.4 is 4.90 Å². The topological polar surface area (TPSA) is 57.6 Å². The van der Waals surface area contributed by atoms with Gasteiger partial charge in [0.2, 0.25) is 0 Å². The van der Waals surface area contributed by atoms with E-state index in [-0.39, 0.29) is 29.3 Å². The summed E-state index contributed by atoms with van der Waals surface area (Å²) < 4.78 is 0. The number of phenolic OH excluding ortho intramolecular Hbond substituents is 1. The van der Waals surface area contributed by atoms with Crippen molar-refractivity contribution in [2.75, 3.05) is 18.0 Å². The maximum atomic E-state index is 12.3. The number of aromatic hydroxyl groups is 1. The minimum Gasteiger partial charge on any atom is -0.507 e. The fourth-order valence-electron chi connectivity index (χ4n) is 2.51. The predicted octanol–water partition coefficient (Wildman–Crippen LogP) is 3.69. The number of carbonyl (C=O) groups is 2. The van der Waals surface area contributed by atoms with Gasteiger partial charge in [-0.25, -0.2) is 0 Å². The average molecular weight is 311 g/mol. The van der Waals surface area contributed by atoms with Crippen molar-refractivity contribution in [2.45, 2.75) is 20.3 Å². The third-order valence-electron chi connectivity index (χ3n) is 3.83. The van der Waals surface area contributed by atoms with Crippen LogP contribution in [-0.4, -0.2) is 29.8 Å². The third kappa shape index (κ3) is 3.97. The number of carbonyl (C=O) groups excluding carboxylic acids is 2. The minimum absolute atomic E-state index is 0.0831. The third-order valence-corrected chi connectivity index (χ3v) is 3.83. The molecule has 120 valence electrons. The summed E-state index contributed by atoms with van der Waals surface area (Å²) in [6.07, 6.45) is -0.248. The van der Waals surface area contributed by atoms with Crippen LogP contribution in [0.2, 0.25) is 0 Å². The Morgan fingerprint density at radius 2 is 1.61 bits per heavy atom. The van der Waals surface area contributed by atoms with Crippen molar-refractivity contribution in [1.82, 2.24) is 0 Å². The summed E-state index contributed by atoms with van der Waals surface area (Å²) in [4.78, 5) is 26.4. The molecule has 2 rings (SSSR count). The van der Waals surface area contributed by atoms with Crippen molar-refractivity contribution in [3.8, 4) is 5.75 Å². The van der Waals surface area contributed by atoms with E-state index in [1.807, 2.05) is 19.9 Å². The zero-order chi connectivity index (χ0) is 16.8. The van der Waals surface area contributed by atoms with Gasteiger partial charge in [0.05, 0.1) is 12.0 Å². The van der Waals surface area contributed by atoms with E-state index in [1.54, 1.807) is 42.5 Å². The van der Waals surface area contributed by atoms with Gasteiger partial charge in [-0.1, -0.05) is 30.3 Å². The van der Waals surface area contributed by atoms with Gasteiger partial charge in [-0.2, -0.15) is 0 Å². The van der Waals surface area contributed by atoms with Gasteiger partial charge in [0.1, 0.15) is 5.75 Å². The lowest BCUT2D eigenvalue weighted by atomic mass is 10.0. The highest BCUT2D eigenvalue weighted by Crippen LogP contribution is 2.26. The second-order valence-electron chi connectivity index (χ2n) is 5.26. The van der Waals surface area contributed by atoms with E-state index in [9.17, 15) is 14.7 Å². The first-order valence-electron chi connectivity index (χ1n) is 7.76. The van der Waals surface area contributed by atoms with E-state index in [4.69, 9.17) is 0 Å². The second-order valence-corrected chi connectivity index (χ2v) is 5.26. The molecule has 2 aromatic carbocycles. The molecule has 0 aromatic heterocycles. The molecule has 4 nitrogen and oxygen atoms in total. The second kappa shape index (κ2) is 7.58. The van der Waals surface area contributed by atoms with Gasteiger partial charge in [-0.15, -0.1) is 0 Å². The van der Waals surface area contributed by atoms with Gasteiger partial charge in [-0.05, 0) is 26.0 Å². The Balaban J connectivity index is 2.15. The number of anilines is 1. The smallest absolute Gasteiger partial charge is 0.174 e. The van der Waals surface area contributed by atoms with Gasteiger partial charge in [-0.3, -0.25) is 9.59 Å². The summed E-state index contributed by atoms with van der Waals surface area (Å²) in [5.74, 6) is -0.703. The molecule has 0 aliphatic rings. The molecule has 0 aliphatic heterocycles. The van der Waals surface area contributed by atoms with E-state index in [0.717, 1.165) is 18.8 Å². The van der Waals surface area contributed by atoms with E-state index in [1.165, 1.54) is 0 Å². The summed E-state index contributed by atoms with van der Waals surface area (Å²) in [6.45, 7) is 5.68. The van der Waals surface area contributed by atoms with Crippen molar-refractivity contribution in [2.24, 2.45) is 0 Å². The van der Waals surface area contributed by atoms with E-state index < -0.39 is 0 Å². The van der Waals surface area contributed by atoms with Crippen molar-refractivity contribution < 1.29 is 14.7 Å². The van der Waals surface area contributed by atoms with Crippen molar-refractivity contribution >= 4 is 17.3 Å². The molecule has 0 heterocycles. The number of Topliss-reactive ketones (excluding diaryl/α,β-unsaturated/α-hetero) is 2. The molecule has 23 heavy (non-hydrogen) atoms. The standard InChI is InChI=1S/C19H21NO3/c1-3-20(4-2)15-10-11-16(18(22)12-15)19(23)13-17(21)14-8-6-5-7-9-14/h5-12,22H,3-4,13H2,1-2H3. The number of hydrogen-bond acceptors (Lipinski definition) is 4. The number of hydrogen-bond donors (Lipinski definition) is 1. The molecule has 0 fully saturated rings. The number of ketones is 2. The number of rotatable bonds is 7. The number of benzene rings is 2. The molecule has 0 radical (unpaired) electrons. The summed E-state index contributed by atoms with van der Waals surface area (Å²) in [7, 11) is 0. The minimum atomic E-state index is -0.373. The first-order valence-corrected chi connectivity index (χ1v) is 7.76. The highest BCUT2D eigenvalue weighted by atomic mass is 16.3. The maximum Gasteiger partial charge on any atom is 0.174 e. The molecule has 0 bridgehead atoms. The Labute approximate surface area is 136 Å². The molecule has 0 atom stereocenters. The van der Waals surface area contributed by atoms with Gasteiger partial charge >= 0.3 is 0 Å². The van der Waals surface area contributed by atoms with Crippen LogP contribution in [0.25, 0.3) is 0 Å². The first-order chi connectivity index (χ1) is 11.1. The largest absolute Gasteiger partial charge is 0.507 e. The van der Waals surface area contributed by atoms with Crippen LogP contribution in [-0.2, 0) is 0 Å². The Morgan fingerprint density at radius 3 is 2.17 bits per heavy atom. The number of phenols is 1. The Kier molecular flexibility index (Phi) is 5.52. The van der Waals surface area contributed by atoms with E-state index >= 15 is 0 Å². The molecule has 0 saturated heterocycles. The molecule has 4 heteroatoms. The molecule has 0 saturated carbocycles. The van der Waals surface area contributed by atoms with Gasteiger partial charge in [0.25, 0.3) is 0 Å². The van der Waals surface area contributed by atoms with Crippen molar-refractivity contribution in [3.05, 3.63) is 59.7 Å². The normalized spacial score (nSPS) is 10.3. The van der Waals surface area contributed by atoms with E-state index in [0.29, 0.717) is 5.56 Å². The highest BCUT2D eigenvalue weighted by molar-refractivity contribution is 6.14. The van der Waals surface area contributed by atoms with E-state index in [2.05, 4.69) is 4.90 Å². The monoisotopic (exact) mass is 311 g/mol. The van der Waals surface area contributed by atoms with Crippen LogP contribution in [0.5, 0.6) is 5.75 Å². The first kappa shape index (κ1) is 16.7. The quantitative estimate of drug-likeness (QED) is 0.626. The Morgan fingerprint density at radius 1 is 0.957 bits per heavy atom. The van der Waals surface area contributed by atoms with Crippen LogP contribution in [0.3, 0.4) is 0 Å². The molecule has 0 spiro atoms. The highest BCUT2D eigenvalue weighted by Gasteiger charge is 2.17. The molecule has 2 aromatic rings. The van der Waals surface area contributed by atoms with Crippen LogP contribution in [0, 0.1) is 0 Å². The summed E-state index contributed by atoms with van der Waals surface area (Å²) in [5.41, 5.74) is 1.55. The summed E-state index contributed by atoms with van der Waals surface area (Å²) in [5, 5.41) is 10.1. The lowest BCUT2D eigenvalue weighted by Crippen LogP contribution is -2.21. The van der Waals surface area contributed by atoms with Gasteiger partial charge in [0.15, 0.2) is 11.6 Å². The van der Waals surface area contributed by atoms with Crippen LogP contribution in [0.15, 0.2) is 48.5 Å².